The molecule has 3 rings (SSSR count). The fraction of sp³-hybridized carbons (Fsp3) is 0.0714. The minimum Gasteiger partial charge on any atom is -0.506 e. The van der Waals surface area contributed by atoms with Crippen molar-refractivity contribution in [2.45, 2.75) is 6.92 Å². The molecule has 0 saturated carbocycles. The van der Waals surface area contributed by atoms with Crippen LogP contribution in [-0.2, 0) is 0 Å². The van der Waals surface area contributed by atoms with Crippen LogP contribution in [-0.4, -0.2) is 10.1 Å². The Morgan fingerprint density at radius 3 is 2.56 bits per heavy atom. The Hall–Kier alpha value is -2.07. The highest BCUT2D eigenvalue weighted by atomic mass is 32.1. The van der Waals surface area contributed by atoms with Crippen molar-refractivity contribution in [3.05, 3.63) is 47.5 Å². The number of phenolic OH excluding ortho intramolecular Hbond substituents is 1. The number of nitrogens with zero attached hydrogens (tertiary/aromatic N) is 1. The van der Waals surface area contributed by atoms with Crippen LogP contribution in [0.3, 0.4) is 0 Å². The first kappa shape index (κ1) is 11.0. The molecule has 0 radical (unpaired) electrons. The molecule has 0 unspecified atom stereocenters. The van der Waals surface area contributed by atoms with Gasteiger partial charge in [-0.1, -0.05) is 24.3 Å². The molecular formula is C14H12N2OS. The molecule has 4 heteroatoms. The second-order valence-corrected chi connectivity index (χ2v) is 4.99. The van der Waals surface area contributed by atoms with E-state index in [1.54, 1.807) is 6.07 Å². The number of aromatic nitrogens is 1. The summed E-state index contributed by atoms with van der Waals surface area (Å²) >= 11 is 1.53. The van der Waals surface area contributed by atoms with Crippen molar-refractivity contribution < 1.29 is 5.11 Å². The number of phenols is 1. The fourth-order valence-corrected chi connectivity index (χ4v) is 2.56. The third-order valence-corrected chi connectivity index (χ3v) is 3.60. The van der Waals surface area contributed by atoms with Crippen LogP contribution in [0.4, 0.5) is 10.8 Å². The average Bonchev–Trinajstić information content (AvgIpc) is 2.76. The molecular weight excluding hydrogens is 244 g/mol. The van der Waals surface area contributed by atoms with Gasteiger partial charge < -0.3 is 10.4 Å². The highest BCUT2D eigenvalue weighted by Gasteiger charge is 2.06. The Labute approximate surface area is 109 Å². The van der Waals surface area contributed by atoms with E-state index in [4.69, 9.17) is 0 Å². The normalized spacial score (nSPS) is 10.7. The van der Waals surface area contributed by atoms with Crippen LogP contribution in [0.15, 0.2) is 41.8 Å². The lowest BCUT2D eigenvalue weighted by Gasteiger charge is -2.07. The number of rotatable bonds is 2. The summed E-state index contributed by atoms with van der Waals surface area (Å²) in [6.07, 6.45) is 0. The molecule has 0 aliphatic heterocycles. The summed E-state index contributed by atoms with van der Waals surface area (Å²) in [4.78, 5) is 4.32. The van der Waals surface area contributed by atoms with E-state index in [0.717, 1.165) is 21.6 Å². The lowest BCUT2D eigenvalue weighted by molar-refractivity contribution is 0.478. The van der Waals surface area contributed by atoms with Crippen LogP contribution < -0.4 is 5.32 Å². The zero-order chi connectivity index (χ0) is 12.5. The molecule has 0 fully saturated rings. The molecule has 2 aromatic carbocycles. The molecule has 2 N–H and O–H groups in total. The lowest BCUT2D eigenvalue weighted by atomic mass is 10.1. The molecule has 18 heavy (non-hydrogen) atoms. The van der Waals surface area contributed by atoms with Gasteiger partial charge in [-0.25, -0.2) is 4.98 Å². The minimum atomic E-state index is 0.238. The SMILES string of the molecule is Cc1csc(Nc2cc3ccccc3cc2O)n1. The van der Waals surface area contributed by atoms with Gasteiger partial charge in [-0.2, -0.15) is 0 Å². The molecule has 0 aliphatic carbocycles. The Kier molecular flexibility index (Phi) is 2.64. The van der Waals surface area contributed by atoms with Gasteiger partial charge in [-0.3, -0.25) is 0 Å². The quantitative estimate of drug-likeness (QED) is 0.680. The smallest absolute Gasteiger partial charge is 0.187 e. The number of aromatic hydroxyl groups is 1. The van der Waals surface area contributed by atoms with Gasteiger partial charge >= 0.3 is 0 Å². The maximum Gasteiger partial charge on any atom is 0.187 e. The first-order chi connectivity index (χ1) is 8.72. The number of thiazole rings is 1. The summed E-state index contributed by atoms with van der Waals surface area (Å²) in [6.45, 7) is 1.95. The van der Waals surface area contributed by atoms with Crippen molar-refractivity contribution in [1.82, 2.24) is 4.98 Å². The third-order valence-electron chi connectivity index (χ3n) is 2.72. The monoisotopic (exact) mass is 256 g/mol. The number of hydrogen-bond acceptors (Lipinski definition) is 4. The van der Waals surface area contributed by atoms with E-state index in [9.17, 15) is 5.11 Å². The van der Waals surface area contributed by atoms with Crippen LogP contribution >= 0.6 is 11.3 Å². The van der Waals surface area contributed by atoms with E-state index in [1.165, 1.54) is 11.3 Å². The largest absolute Gasteiger partial charge is 0.506 e. The van der Waals surface area contributed by atoms with Gasteiger partial charge in [-0.15, -0.1) is 11.3 Å². The Bertz CT molecular complexity index is 706. The molecule has 0 amide bonds. The van der Waals surface area contributed by atoms with Crippen molar-refractivity contribution in [1.29, 1.82) is 0 Å². The molecule has 0 spiro atoms. The van der Waals surface area contributed by atoms with Gasteiger partial charge in [0.15, 0.2) is 5.13 Å². The molecule has 0 aliphatic rings. The first-order valence-corrected chi connectivity index (χ1v) is 6.51. The van der Waals surface area contributed by atoms with Crippen LogP contribution in [0, 0.1) is 6.92 Å². The number of anilines is 2. The summed E-state index contributed by atoms with van der Waals surface area (Å²) in [5, 5.41) is 18.0. The average molecular weight is 256 g/mol. The second-order valence-electron chi connectivity index (χ2n) is 4.14. The van der Waals surface area contributed by atoms with Gasteiger partial charge in [0.1, 0.15) is 5.75 Å². The van der Waals surface area contributed by atoms with Gasteiger partial charge in [0.2, 0.25) is 0 Å². The summed E-state index contributed by atoms with van der Waals surface area (Å²) in [6, 6.07) is 11.6. The molecule has 3 nitrogen and oxygen atoms in total. The van der Waals surface area contributed by atoms with E-state index >= 15 is 0 Å². The predicted molar refractivity (Wildman–Crippen MR) is 75.7 cm³/mol. The number of fused-ring (bicyclic) bond motifs is 1. The van der Waals surface area contributed by atoms with E-state index in [1.807, 2.05) is 42.6 Å². The molecule has 3 aromatic rings. The number of benzene rings is 2. The maximum atomic E-state index is 9.99. The molecule has 0 saturated heterocycles. The van der Waals surface area contributed by atoms with Crippen molar-refractivity contribution in [3.8, 4) is 5.75 Å². The molecule has 0 atom stereocenters. The Balaban J connectivity index is 2.03. The zero-order valence-electron chi connectivity index (χ0n) is 9.84. The highest BCUT2D eigenvalue weighted by molar-refractivity contribution is 7.13. The molecule has 1 aromatic heterocycles. The van der Waals surface area contributed by atoms with Gasteiger partial charge in [0, 0.05) is 5.38 Å². The summed E-state index contributed by atoms with van der Waals surface area (Å²) in [5.74, 6) is 0.238. The topological polar surface area (TPSA) is 45.1 Å². The lowest BCUT2D eigenvalue weighted by Crippen LogP contribution is -1.90. The van der Waals surface area contributed by atoms with Gasteiger partial charge in [-0.05, 0) is 29.8 Å². The van der Waals surface area contributed by atoms with Crippen LogP contribution in [0.25, 0.3) is 10.8 Å². The third kappa shape index (κ3) is 2.02. The van der Waals surface area contributed by atoms with E-state index in [2.05, 4.69) is 10.3 Å². The summed E-state index contributed by atoms with van der Waals surface area (Å²) in [7, 11) is 0. The standard InChI is InChI=1S/C14H12N2OS/c1-9-8-18-14(15-9)16-12-6-10-4-2-3-5-11(10)7-13(12)17/h2-8,17H,1H3,(H,15,16). The van der Waals surface area contributed by atoms with Gasteiger partial charge in [0.05, 0.1) is 11.4 Å². The molecule has 1 heterocycles. The molecule has 0 bridgehead atoms. The first-order valence-electron chi connectivity index (χ1n) is 5.63. The van der Waals surface area contributed by atoms with Crippen LogP contribution in [0.1, 0.15) is 5.69 Å². The van der Waals surface area contributed by atoms with E-state index in [0.29, 0.717) is 5.69 Å². The highest BCUT2D eigenvalue weighted by Crippen LogP contribution is 2.32. The Morgan fingerprint density at radius 2 is 1.89 bits per heavy atom. The summed E-state index contributed by atoms with van der Waals surface area (Å²) < 4.78 is 0. The zero-order valence-corrected chi connectivity index (χ0v) is 10.7. The second kappa shape index (κ2) is 4.31. The van der Waals surface area contributed by atoms with Crippen LogP contribution in [0.2, 0.25) is 0 Å². The predicted octanol–water partition coefficient (Wildman–Crippen LogP) is 4.05. The van der Waals surface area contributed by atoms with Gasteiger partial charge in [0.25, 0.3) is 0 Å². The van der Waals surface area contributed by atoms with Crippen molar-refractivity contribution in [2.24, 2.45) is 0 Å². The summed E-state index contributed by atoms with van der Waals surface area (Å²) in [5.41, 5.74) is 1.66. The van der Waals surface area contributed by atoms with Crippen molar-refractivity contribution in [3.63, 3.8) is 0 Å². The Morgan fingerprint density at radius 1 is 1.17 bits per heavy atom. The van der Waals surface area contributed by atoms with E-state index < -0.39 is 0 Å². The number of hydrogen-bond donors (Lipinski definition) is 2. The molecule has 90 valence electrons. The fourth-order valence-electron chi connectivity index (χ4n) is 1.85. The minimum absolute atomic E-state index is 0.238. The van der Waals surface area contributed by atoms with Crippen molar-refractivity contribution >= 4 is 32.9 Å². The number of aryl methyl sites for hydroxylation is 1. The number of nitrogens with one attached hydrogen (secondary N) is 1. The van der Waals surface area contributed by atoms with Crippen molar-refractivity contribution in [2.75, 3.05) is 5.32 Å². The maximum absolute atomic E-state index is 9.99. The van der Waals surface area contributed by atoms with Crippen LogP contribution in [0.5, 0.6) is 5.75 Å². The van der Waals surface area contributed by atoms with E-state index in [-0.39, 0.29) is 5.75 Å².